The molecular weight excluding hydrogens is 412 g/mol. The number of rotatable bonds is 6. The molecule has 4 heteroatoms. The van der Waals surface area contributed by atoms with E-state index in [0.29, 0.717) is 46.8 Å². The molecule has 0 aromatic heterocycles. The zero-order valence-corrected chi connectivity index (χ0v) is 20.0. The summed E-state index contributed by atoms with van der Waals surface area (Å²) in [5, 5.41) is 9.98. The highest BCUT2D eigenvalue weighted by Gasteiger charge is 2.55. The molecule has 0 heterocycles. The van der Waals surface area contributed by atoms with E-state index in [1.807, 2.05) is 24.3 Å². The highest BCUT2D eigenvalue weighted by Crippen LogP contribution is 2.64. The Morgan fingerprint density at radius 3 is 2.79 bits per heavy atom. The van der Waals surface area contributed by atoms with Crippen LogP contribution in [0.2, 0.25) is 0 Å². The van der Waals surface area contributed by atoms with Crippen molar-refractivity contribution in [1.29, 1.82) is 0 Å². The molecular formula is C29H36O4. The first-order chi connectivity index (χ1) is 15.9. The number of carbonyl (C=O) groups excluding carboxylic acids is 1. The van der Waals surface area contributed by atoms with Gasteiger partial charge in [-0.25, -0.2) is 0 Å². The molecule has 5 rings (SSSR count). The summed E-state index contributed by atoms with van der Waals surface area (Å²) in [6.07, 6.45) is 8.11. The van der Waals surface area contributed by atoms with Gasteiger partial charge in [0, 0.05) is 6.07 Å². The highest BCUT2D eigenvalue weighted by molar-refractivity contribution is 5.79. The molecule has 176 valence electrons. The molecule has 33 heavy (non-hydrogen) atoms. The van der Waals surface area contributed by atoms with Crippen molar-refractivity contribution in [2.45, 2.75) is 58.3 Å². The number of ether oxygens (including phenoxy) is 2. The minimum Gasteiger partial charge on any atom is -0.508 e. The molecule has 2 aromatic carbocycles. The maximum Gasteiger partial charge on any atom is 0.153 e. The van der Waals surface area contributed by atoms with Crippen molar-refractivity contribution in [3.8, 4) is 17.2 Å². The van der Waals surface area contributed by atoms with Gasteiger partial charge >= 0.3 is 0 Å². The van der Waals surface area contributed by atoms with Crippen molar-refractivity contribution >= 4 is 6.29 Å². The molecule has 5 unspecified atom stereocenters. The smallest absolute Gasteiger partial charge is 0.153 e. The predicted octanol–water partition coefficient (Wildman–Crippen LogP) is 6.40. The summed E-state index contributed by atoms with van der Waals surface area (Å²) in [7, 11) is 1.58. The second kappa shape index (κ2) is 8.70. The molecule has 2 saturated carbocycles. The number of carbonyl (C=O) groups is 1. The first-order valence-corrected chi connectivity index (χ1v) is 12.5. The van der Waals surface area contributed by atoms with Crippen LogP contribution in [0.5, 0.6) is 17.2 Å². The van der Waals surface area contributed by atoms with Crippen LogP contribution in [0.3, 0.4) is 0 Å². The number of methoxy groups -OCH3 is 1. The zero-order chi connectivity index (χ0) is 23.2. The van der Waals surface area contributed by atoms with E-state index in [0.717, 1.165) is 36.7 Å². The van der Waals surface area contributed by atoms with Gasteiger partial charge in [-0.2, -0.15) is 0 Å². The van der Waals surface area contributed by atoms with Crippen LogP contribution in [-0.2, 0) is 6.42 Å². The average Bonchev–Trinajstić information content (AvgIpc) is 3.14. The maximum absolute atomic E-state index is 11.1. The summed E-state index contributed by atoms with van der Waals surface area (Å²) in [5.41, 5.74) is 3.79. The third-order valence-corrected chi connectivity index (χ3v) is 9.32. The second-order valence-electron chi connectivity index (χ2n) is 10.8. The topological polar surface area (TPSA) is 55.8 Å². The van der Waals surface area contributed by atoms with E-state index in [4.69, 9.17) is 9.47 Å². The highest BCUT2D eigenvalue weighted by atomic mass is 16.5. The lowest BCUT2D eigenvalue weighted by Gasteiger charge is -2.53. The molecule has 0 bridgehead atoms. The molecule has 4 nitrogen and oxygen atoms in total. The molecule has 0 amide bonds. The lowest BCUT2D eigenvalue weighted by molar-refractivity contribution is 0.000914. The maximum atomic E-state index is 11.1. The van der Waals surface area contributed by atoms with Gasteiger partial charge in [-0.15, -0.1) is 0 Å². The van der Waals surface area contributed by atoms with E-state index in [1.165, 1.54) is 36.8 Å². The lowest BCUT2D eigenvalue weighted by atomic mass is 9.51. The summed E-state index contributed by atoms with van der Waals surface area (Å²) in [6, 6.07) is 11.5. The van der Waals surface area contributed by atoms with Gasteiger partial charge in [-0.3, -0.25) is 4.79 Å². The van der Waals surface area contributed by atoms with E-state index in [2.05, 4.69) is 19.9 Å². The molecule has 3 aliphatic rings. The van der Waals surface area contributed by atoms with Gasteiger partial charge in [0.25, 0.3) is 0 Å². The molecule has 6 atom stereocenters. The Kier molecular flexibility index (Phi) is 5.88. The van der Waals surface area contributed by atoms with E-state index in [-0.39, 0.29) is 0 Å². The third kappa shape index (κ3) is 3.82. The summed E-state index contributed by atoms with van der Waals surface area (Å²) < 4.78 is 11.4. The van der Waals surface area contributed by atoms with E-state index < -0.39 is 0 Å². The van der Waals surface area contributed by atoms with Crippen LogP contribution in [0.1, 0.15) is 73.4 Å². The van der Waals surface area contributed by atoms with Crippen LogP contribution in [0.4, 0.5) is 0 Å². The number of aromatic hydroxyl groups is 1. The zero-order valence-electron chi connectivity index (χ0n) is 20.0. The first-order valence-electron chi connectivity index (χ1n) is 12.5. The number of phenols is 1. The molecule has 3 aliphatic carbocycles. The SMILES string of the molecule is COc1cc(OCC[C@H]2CCC3C4C(C)Cc5cc(O)ccc5C4CCC32C)ccc1C=O. The van der Waals surface area contributed by atoms with E-state index >= 15 is 0 Å². The number of hydrogen-bond acceptors (Lipinski definition) is 4. The van der Waals surface area contributed by atoms with Crippen LogP contribution >= 0.6 is 0 Å². The number of hydrogen-bond donors (Lipinski definition) is 1. The standard InChI is InChI=1S/C29H36O4/c1-18-14-20-15-22(31)6-8-24(20)25-10-12-29(2)21(5-9-26(29)28(18)25)11-13-33-23-7-4-19(17-30)27(16-23)32-3/h4,6-8,15-18,21,25-26,28,31H,5,9-14H2,1-3H3/t18?,21-,25?,26?,28?,29?/m1/s1. The number of phenolic OH excluding ortho intramolecular Hbond substituents is 1. The average molecular weight is 449 g/mol. The van der Waals surface area contributed by atoms with Gasteiger partial charge in [-0.1, -0.05) is 19.9 Å². The van der Waals surface area contributed by atoms with Crippen molar-refractivity contribution in [3.63, 3.8) is 0 Å². The number of benzene rings is 2. The van der Waals surface area contributed by atoms with Gasteiger partial charge in [0.2, 0.25) is 0 Å². The van der Waals surface area contributed by atoms with Crippen LogP contribution in [0.15, 0.2) is 36.4 Å². The van der Waals surface area contributed by atoms with Gasteiger partial charge in [0.05, 0.1) is 19.3 Å². The van der Waals surface area contributed by atoms with Crippen molar-refractivity contribution in [2.24, 2.45) is 29.1 Å². The predicted molar refractivity (Wildman–Crippen MR) is 129 cm³/mol. The molecule has 0 spiro atoms. The third-order valence-electron chi connectivity index (χ3n) is 9.32. The molecule has 1 N–H and O–H groups in total. The molecule has 2 aromatic rings. The monoisotopic (exact) mass is 448 g/mol. The fourth-order valence-electron chi connectivity index (χ4n) is 7.75. The van der Waals surface area contributed by atoms with E-state index in [9.17, 15) is 9.90 Å². The van der Waals surface area contributed by atoms with Crippen LogP contribution in [0.25, 0.3) is 0 Å². The normalized spacial score (nSPS) is 32.4. The first kappa shape index (κ1) is 22.3. The summed E-state index contributed by atoms with van der Waals surface area (Å²) >= 11 is 0. The van der Waals surface area contributed by atoms with Gasteiger partial charge in [-0.05, 0) is 109 Å². The minimum atomic E-state index is 0.381. The molecule has 0 aliphatic heterocycles. The van der Waals surface area contributed by atoms with Crippen LogP contribution in [-0.4, -0.2) is 25.1 Å². The van der Waals surface area contributed by atoms with Gasteiger partial charge in [0.15, 0.2) is 6.29 Å². The quantitative estimate of drug-likeness (QED) is 0.520. The summed E-state index contributed by atoms with van der Waals surface area (Å²) in [5.74, 6) is 5.23. The number of aldehydes is 1. The van der Waals surface area contributed by atoms with Crippen LogP contribution in [0, 0.1) is 29.1 Å². The summed E-state index contributed by atoms with van der Waals surface area (Å²) in [6.45, 7) is 5.68. The van der Waals surface area contributed by atoms with Crippen molar-refractivity contribution in [3.05, 3.63) is 53.1 Å². The molecule has 0 radical (unpaired) electrons. The fraction of sp³-hybridized carbons (Fsp3) is 0.552. The number of fused-ring (bicyclic) bond motifs is 5. The fourth-order valence-corrected chi connectivity index (χ4v) is 7.75. The van der Waals surface area contributed by atoms with E-state index in [1.54, 1.807) is 13.2 Å². The minimum absolute atomic E-state index is 0.381. The Morgan fingerprint density at radius 1 is 1.15 bits per heavy atom. The Morgan fingerprint density at radius 2 is 2.00 bits per heavy atom. The second-order valence-corrected chi connectivity index (χ2v) is 10.8. The van der Waals surface area contributed by atoms with Gasteiger partial charge in [0.1, 0.15) is 17.2 Å². The van der Waals surface area contributed by atoms with Gasteiger partial charge < -0.3 is 14.6 Å². The molecule has 2 fully saturated rings. The summed E-state index contributed by atoms with van der Waals surface area (Å²) in [4.78, 5) is 11.1. The Hall–Kier alpha value is -2.49. The van der Waals surface area contributed by atoms with Crippen molar-refractivity contribution in [1.82, 2.24) is 0 Å². The van der Waals surface area contributed by atoms with Crippen LogP contribution < -0.4 is 9.47 Å². The largest absolute Gasteiger partial charge is 0.508 e. The Labute approximate surface area is 197 Å². The van der Waals surface area contributed by atoms with Crippen molar-refractivity contribution < 1.29 is 19.4 Å². The Bertz CT molecular complexity index is 1030. The molecule has 0 saturated heterocycles. The van der Waals surface area contributed by atoms with Crippen molar-refractivity contribution in [2.75, 3.05) is 13.7 Å². The lowest BCUT2D eigenvalue weighted by Crippen LogP contribution is -2.45. The Balaban J connectivity index is 1.27.